The van der Waals surface area contributed by atoms with Gasteiger partial charge in [0.1, 0.15) is 5.75 Å². The van der Waals surface area contributed by atoms with Crippen molar-refractivity contribution in [2.75, 3.05) is 12.9 Å². The van der Waals surface area contributed by atoms with Gasteiger partial charge in [0.2, 0.25) is 0 Å². The molecule has 0 radical (unpaired) electrons. The van der Waals surface area contributed by atoms with Crippen molar-refractivity contribution in [2.24, 2.45) is 11.7 Å². The number of para-hydroxylation sites is 1. The normalized spacial score (nSPS) is 22.8. The first kappa shape index (κ1) is 23.8. The van der Waals surface area contributed by atoms with Crippen LogP contribution in [0, 0.1) is 5.92 Å². The Balaban J connectivity index is 1.59. The van der Waals surface area contributed by atoms with Gasteiger partial charge in [-0.25, -0.2) is 0 Å². The number of thioether (sulfide) groups is 1. The molecule has 3 aromatic rings. The minimum Gasteiger partial charge on any atom is -0.496 e. The molecule has 0 unspecified atom stereocenters. The molecule has 1 heterocycles. The second kappa shape index (κ2) is 11.2. The smallest absolute Gasteiger partial charge is 0.184 e. The summed E-state index contributed by atoms with van der Waals surface area (Å²) in [4.78, 5) is 1.09. The average molecular weight is 466 g/mol. The Bertz CT molecular complexity index is 1030. The number of ether oxygens (including phenoxy) is 3. The van der Waals surface area contributed by atoms with Gasteiger partial charge in [-0.2, -0.15) is 0 Å². The van der Waals surface area contributed by atoms with E-state index >= 15 is 0 Å². The topological polar surface area (TPSA) is 73.9 Å². The molecule has 0 amide bonds. The molecule has 1 saturated heterocycles. The fraction of sp³-hybridized carbons (Fsp3) is 0.333. The van der Waals surface area contributed by atoms with Crippen molar-refractivity contribution in [1.82, 2.24) is 0 Å². The molecule has 1 aliphatic heterocycles. The summed E-state index contributed by atoms with van der Waals surface area (Å²) in [6.07, 6.45) is -0.636. The van der Waals surface area contributed by atoms with Gasteiger partial charge in [0, 0.05) is 28.7 Å². The third kappa shape index (κ3) is 5.60. The van der Waals surface area contributed by atoms with Crippen LogP contribution in [0.4, 0.5) is 0 Å². The van der Waals surface area contributed by atoms with Gasteiger partial charge in [0.25, 0.3) is 0 Å². The minimum atomic E-state index is -0.473. The largest absolute Gasteiger partial charge is 0.496 e. The molecule has 0 aliphatic carbocycles. The third-order valence-electron chi connectivity index (χ3n) is 6.08. The van der Waals surface area contributed by atoms with Crippen molar-refractivity contribution in [3.05, 3.63) is 95.1 Å². The number of aliphatic hydroxyl groups excluding tert-OH is 1. The van der Waals surface area contributed by atoms with Crippen LogP contribution in [0.3, 0.4) is 0 Å². The van der Waals surface area contributed by atoms with Crippen molar-refractivity contribution in [1.29, 1.82) is 0 Å². The van der Waals surface area contributed by atoms with Crippen LogP contribution in [0.5, 0.6) is 5.75 Å². The number of hydrogen-bond acceptors (Lipinski definition) is 6. The first-order chi connectivity index (χ1) is 16.1. The number of nitrogens with two attached hydrogens (primary N) is 1. The van der Waals surface area contributed by atoms with E-state index in [1.165, 1.54) is 0 Å². The van der Waals surface area contributed by atoms with E-state index in [-0.39, 0.29) is 24.7 Å². The fourth-order valence-electron chi connectivity index (χ4n) is 4.03. The molecule has 6 heteroatoms. The van der Waals surface area contributed by atoms with Crippen LogP contribution in [0.15, 0.2) is 77.7 Å². The highest BCUT2D eigenvalue weighted by atomic mass is 32.2. The van der Waals surface area contributed by atoms with Crippen LogP contribution in [0.25, 0.3) is 0 Å². The molecule has 1 aliphatic rings. The molecule has 4 atom stereocenters. The molecule has 5 nitrogen and oxygen atoms in total. The molecule has 3 aromatic carbocycles. The van der Waals surface area contributed by atoms with Crippen molar-refractivity contribution < 1.29 is 19.3 Å². The van der Waals surface area contributed by atoms with Crippen LogP contribution in [-0.4, -0.2) is 24.1 Å². The van der Waals surface area contributed by atoms with Gasteiger partial charge in [-0.15, -0.1) is 11.8 Å². The van der Waals surface area contributed by atoms with E-state index < -0.39 is 6.29 Å². The van der Waals surface area contributed by atoms with E-state index in [1.54, 1.807) is 18.9 Å². The number of hydrogen-bond donors (Lipinski definition) is 2. The highest BCUT2D eigenvalue weighted by Gasteiger charge is 2.38. The van der Waals surface area contributed by atoms with Crippen LogP contribution in [-0.2, 0) is 22.6 Å². The van der Waals surface area contributed by atoms with E-state index in [4.69, 9.17) is 19.9 Å². The Kier molecular flexibility index (Phi) is 8.06. The summed E-state index contributed by atoms with van der Waals surface area (Å²) < 4.78 is 18.5. The fourth-order valence-corrected chi connectivity index (χ4v) is 5.23. The van der Waals surface area contributed by atoms with Gasteiger partial charge in [-0.05, 0) is 28.8 Å². The Hall–Kier alpha value is -2.35. The second-order valence-corrected chi connectivity index (χ2v) is 9.29. The minimum absolute atomic E-state index is 0.0265. The average Bonchev–Trinajstić information content (AvgIpc) is 2.88. The molecule has 4 rings (SSSR count). The summed E-state index contributed by atoms with van der Waals surface area (Å²) in [5.41, 5.74) is 9.78. The molecule has 0 bridgehead atoms. The predicted molar refractivity (Wildman–Crippen MR) is 131 cm³/mol. The Labute approximate surface area is 199 Å². The number of benzene rings is 3. The van der Waals surface area contributed by atoms with Gasteiger partial charge in [0.05, 0.1) is 25.9 Å². The van der Waals surface area contributed by atoms with Crippen LogP contribution in [0.1, 0.15) is 41.6 Å². The Morgan fingerprint density at radius 2 is 1.58 bits per heavy atom. The van der Waals surface area contributed by atoms with E-state index in [2.05, 4.69) is 13.0 Å². The summed E-state index contributed by atoms with van der Waals surface area (Å²) >= 11 is 1.73. The lowest BCUT2D eigenvalue weighted by molar-refractivity contribution is -0.268. The Morgan fingerprint density at radius 3 is 2.24 bits per heavy atom. The molecule has 0 aromatic heterocycles. The predicted octanol–water partition coefficient (Wildman–Crippen LogP) is 5.23. The lowest BCUT2D eigenvalue weighted by Gasteiger charge is -2.41. The summed E-state index contributed by atoms with van der Waals surface area (Å²) in [6, 6.07) is 24.1. The maximum atomic E-state index is 9.41. The van der Waals surface area contributed by atoms with Gasteiger partial charge >= 0.3 is 0 Å². The summed E-state index contributed by atoms with van der Waals surface area (Å²) in [5.74, 6) is 1.77. The first-order valence-corrected chi connectivity index (χ1v) is 12.2. The maximum Gasteiger partial charge on any atom is 0.184 e. The van der Waals surface area contributed by atoms with E-state index in [0.717, 1.165) is 38.7 Å². The molecule has 1 fully saturated rings. The van der Waals surface area contributed by atoms with Crippen molar-refractivity contribution in [3.8, 4) is 5.75 Å². The second-order valence-electron chi connectivity index (χ2n) is 8.23. The first-order valence-electron chi connectivity index (χ1n) is 11.2. The van der Waals surface area contributed by atoms with Gasteiger partial charge < -0.3 is 25.1 Å². The van der Waals surface area contributed by atoms with Crippen LogP contribution >= 0.6 is 11.8 Å². The summed E-state index contributed by atoms with van der Waals surface area (Å²) in [6.45, 7) is 2.70. The standard InChI is InChI=1S/C27H31NO4S/c1-18-24(17-33-25-6-4-3-5-23(25)30-2)31-27(22-13-7-19(15-28)8-14-22)32-26(18)21-11-9-20(16-29)10-12-21/h3-14,18,24,26-27,29H,15-17,28H2,1-2H3/t18-,24+,26+,27+/m1/s1. The van der Waals surface area contributed by atoms with Crippen molar-refractivity contribution in [2.45, 2.75) is 43.5 Å². The zero-order chi connectivity index (χ0) is 23.2. The molecule has 3 N–H and O–H groups in total. The van der Waals surface area contributed by atoms with E-state index in [9.17, 15) is 5.11 Å². The molecular weight excluding hydrogens is 434 g/mol. The van der Waals surface area contributed by atoms with Gasteiger partial charge in [-0.1, -0.05) is 67.6 Å². The zero-order valence-corrected chi connectivity index (χ0v) is 19.8. The number of aliphatic hydroxyl groups is 1. The van der Waals surface area contributed by atoms with E-state index in [1.807, 2.05) is 66.7 Å². The van der Waals surface area contributed by atoms with Crippen molar-refractivity contribution in [3.63, 3.8) is 0 Å². The quantitative estimate of drug-likeness (QED) is 0.444. The third-order valence-corrected chi connectivity index (χ3v) is 7.23. The Morgan fingerprint density at radius 1 is 0.909 bits per heavy atom. The maximum absolute atomic E-state index is 9.41. The summed E-state index contributed by atoms with van der Waals surface area (Å²) in [5, 5.41) is 9.41. The van der Waals surface area contributed by atoms with Gasteiger partial charge in [-0.3, -0.25) is 0 Å². The lowest BCUT2D eigenvalue weighted by Crippen LogP contribution is -2.38. The highest BCUT2D eigenvalue weighted by Crippen LogP contribution is 2.43. The zero-order valence-electron chi connectivity index (χ0n) is 19.0. The SMILES string of the molecule is COc1ccccc1SC[C@@H]1O[C@H](c2ccc(CN)cc2)O[C@H](c2ccc(CO)cc2)[C@@H]1C. The number of methoxy groups -OCH3 is 1. The molecule has 174 valence electrons. The highest BCUT2D eigenvalue weighted by molar-refractivity contribution is 7.99. The molecule has 0 saturated carbocycles. The lowest BCUT2D eigenvalue weighted by atomic mass is 9.91. The molecular formula is C27H31NO4S. The molecule has 33 heavy (non-hydrogen) atoms. The summed E-state index contributed by atoms with van der Waals surface area (Å²) in [7, 11) is 1.69. The van der Waals surface area contributed by atoms with Gasteiger partial charge in [0.15, 0.2) is 6.29 Å². The van der Waals surface area contributed by atoms with Crippen molar-refractivity contribution >= 4 is 11.8 Å². The van der Waals surface area contributed by atoms with Crippen LogP contribution < -0.4 is 10.5 Å². The monoisotopic (exact) mass is 465 g/mol. The molecule has 0 spiro atoms. The van der Waals surface area contributed by atoms with E-state index in [0.29, 0.717) is 6.54 Å². The van der Waals surface area contributed by atoms with Crippen LogP contribution in [0.2, 0.25) is 0 Å². The number of rotatable bonds is 8.